The second kappa shape index (κ2) is 8.15. The van der Waals surface area contributed by atoms with Gasteiger partial charge in [-0.15, -0.1) is 0 Å². The highest BCUT2D eigenvalue weighted by Crippen LogP contribution is 2.23. The van der Waals surface area contributed by atoms with E-state index in [4.69, 9.17) is 0 Å². The third kappa shape index (κ3) is 4.70. The lowest BCUT2D eigenvalue weighted by Crippen LogP contribution is -2.14. The topological polar surface area (TPSA) is 101 Å². The van der Waals surface area contributed by atoms with Crippen LogP contribution in [0, 0.1) is 10.1 Å². The third-order valence-electron chi connectivity index (χ3n) is 3.41. The number of benzene rings is 2. The number of H-pyrrole nitrogens is 1. The minimum Gasteiger partial charge on any atom is -0.333 e. The number of thioether (sulfide) groups is 1. The average molecular weight is 433 g/mol. The van der Waals surface area contributed by atoms with Crippen LogP contribution in [0.5, 0.6) is 0 Å². The number of amides is 1. The van der Waals surface area contributed by atoms with Crippen molar-refractivity contribution in [2.45, 2.75) is 5.16 Å². The Kier molecular flexibility index (Phi) is 5.69. The van der Waals surface area contributed by atoms with Crippen molar-refractivity contribution in [3.8, 4) is 11.3 Å². The van der Waals surface area contributed by atoms with E-state index >= 15 is 0 Å². The van der Waals surface area contributed by atoms with Crippen molar-refractivity contribution in [3.05, 3.63) is 69.3 Å². The number of carbonyl (C=O) groups is 1. The van der Waals surface area contributed by atoms with E-state index in [1.165, 1.54) is 36.0 Å². The summed E-state index contributed by atoms with van der Waals surface area (Å²) in [5.41, 5.74) is 2.36. The summed E-state index contributed by atoms with van der Waals surface area (Å²) >= 11 is 4.67. The number of nitro benzene ring substituents is 1. The van der Waals surface area contributed by atoms with E-state index in [-0.39, 0.29) is 17.3 Å². The van der Waals surface area contributed by atoms with Crippen molar-refractivity contribution in [3.63, 3.8) is 0 Å². The summed E-state index contributed by atoms with van der Waals surface area (Å²) in [5.74, 6) is -0.0463. The zero-order chi connectivity index (χ0) is 18.5. The van der Waals surface area contributed by atoms with E-state index in [9.17, 15) is 14.9 Å². The molecule has 0 saturated heterocycles. The Morgan fingerprint density at radius 3 is 2.54 bits per heavy atom. The quantitative estimate of drug-likeness (QED) is 0.339. The Balaban J connectivity index is 1.54. The number of anilines is 1. The summed E-state index contributed by atoms with van der Waals surface area (Å²) < 4.78 is 0.998. The normalized spacial score (nSPS) is 10.5. The molecule has 1 amide bonds. The first kappa shape index (κ1) is 18.2. The van der Waals surface area contributed by atoms with Gasteiger partial charge in [0.2, 0.25) is 5.91 Å². The summed E-state index contributed by atoms with van der Waals surface area (Å²) in [7, 11) is 0. The lowest BCUT2D eigenvalue weighted by molar-refractivity contribution is -0.384. The van der Waals surface area contributed by atoms with Gasteiger partial charge in [0.25, 0.3) is 5.69 Å². The molecule has 0 aliphatic rings. The second-order valence-electron chi connectivity index (χ2n) is 5.25. The molecule has 0 saturated carbocycles. The van der Waals surface area contributed by atoms with E-state index in [0.29, 0.717) is 10.8 Å². The van der Waals surface area contributed by atoms with Crippen LogP contribution < -0.4 is 5.32 Å². The molecule has 3 rings (SSSR count). The van der Waals surface area contributed by atoms with Crippen LogP contribution >= 0.6 is 27.7 Å². The van der Waals surface area contributed by atoms with Crippen LogP contribution in [0.2, 0.25) is 0 Å². The number of aromatic nitrogens is 2. The Labute approximate surface area is 161 Å². The Hall–Kier alpha value is -2.65. The number of hydrogen-bond donors (Lipinski definition) is 2. The number of halogens is 1. The number of nitrogens with zero attached hydrogens (tertiary/aromatic N) is 2. The molecule has 0 spiro atoms. The highest BCUT2D eigenvalue weighted by atomic mass is 79.9. The number of nitrogens with one attached hydrogen (secondary N) is 2. The van der Waals surface area contributed by atoms with Crippen molar-refractivity contribution in [1.82, 2.24) is 9.97 Å². The first-order valence-corrected chi connectivity index (χ1v) is 9.27. The molecule has 0 aliphatic heterocycles. The summed E-state index contributed by atoms with van der Waals surface area (Å²) in [4.78, 5) is 29.6. The molecule has 2 N–H and O–H groups in total. The highest BCUT2D eigenvalue weighted by molar-refractivity contribution is 9.10. The summed E-state index contributed by atoms with van der Waals surface area (Å²) in [6, 6.07) is 13.5. The molecular weight excluding hydrogens is 420 g/mol. The maximum atomic E-state index is 12.0. The summed E-state index contributed by atoms with van der Waals surface area (Å²) in [6.45, 7) is 0. The second-order valence-corrected chi connectivity index (χ2v) is 7.13. The van der Waals surface area contributed by atoms with Crippen LogP contribution in [-0.2, 0) is 4.79 Å². The fourth-order valence-corrected chi connectivity index (χ4v) is 3.06. The number of carbonyl (C=O) groups excluding carboxylic acids is 1. The average Bonchev–Trinajstić information content (AvgIpc) is 3.10. The zero-order valence-electron chi connectivity index (χ0n) is 13.3. The zero-order valence-corrected chi connectivity index (χ0v) is 15.7. The van der Waals surface area contributed by atoms with E-state index < -0.39 is 4.92 Å². The molecule has 9 heteroatoms. The molecule has 0 atom stereocenters. The molecule has 0 radical (unpaired) electrons. The van der Waals surface area contributed by atoms with Gasteiger partial charge in [0.1, 0.15) is 0 Å². The van der Waals surface area contributed by atoms with E-state index in [2.05, 4.69) is 31.2 Å². The molecule has 1 aromatic heterocycles. The molecule has 0 unspecified atom stereocenters. The van der Waals surface area contributed by atoms with Gasteiger partial charge in [-0.25, -0.2) is 4.98 Å². The van der Waals surface area contributed by atoms with Crippen LogP contribution in [0.1, 0.15) is 0 Å². The number of non-ortho nitro benzene ring substituents is 1. The molecule has 0 fully saturated rings. The van der Waals surface area contributed by atoms with Gasteiger partial charge in [0.15, 0.2) is 5.16 Å². The van der Waals surface area contributed by atoms with Gasteiger partial charge in [-0.1, -0.05) is 39.8 Å². The molecule has 0 aliphatic carbocycles. The fourth-order valence-electron chi connectivity index (χ4n) is 2.15. The largest absolute Gasteiger partial charge is 0.333 e. The van der Waals surface area contributed by atoms with Gasteiger partial charge in [0.05, 0.1) is 22.6 Å². The van der Waals surface area contributed by atoms with Gasteiger partial charge in [-0.2, -0.15) is 0 Å². The van der Waals surface area contributed by atoms with Gasteiger partial charge >= 0.3 is 0 Å². The lowest BCUT2D eigenvalue weighted by atomic mass is 10.2. The van der Waals surface area contributed by atoms with Crippen molar-refractivity contribution < 1.29 is 9.72 Å². The van der Waals surface area contributed by atoms with Crippen LogP contribution in [0.15, 0.2) is 64.4 Å². The maximum Gasteiger partial charge on any atom is 0.269 e. The minimum absolute atomic E-state index is 0.0200. The number of hydrogen-bond acceptors (Lipinski definition) is 5. The Morgan fingerprint density at radius 2 is 1.88 bits per heavy atom. The van der Waals surface area contributed by atoms with Gasteiger partial charge < -0.3 is 10.3 Å². The van der Waals surface area contributed by atoms with Gasteiger partial charge in [-0.3, -0.25) is 14.9 Å². The molecule has 1 heterocycles. The molecule has 7 nitrogen and oxygen atoms in total. The van der Waals surface area contributed by atoms with Crippen molar-refractivity contribution in [1.29, 1.82) is 0 Å². The number of imidazole rings is 1. The van der Waals surface area contributed by atoms with Crippen molar-refractivity contribution >= 4 is 45.0 Å². The Morgan fingerprint density at radius 1 is 1.19 bits per heavy atom. The Bertz CT molecular complexity index is 926. The monoisotopic (exact) mass is 432 g/mol. The first-order valence-electron chi connectivity index (χ1n) is 7.49. The smallest absolute Gasteiger partial charge is 0.269 e. The van der Waals surface area contributed by atoms with Crippen LogP contribution in [-0.4, -0.2) is 26.6 Å². The number of nitro groups is 1. The standard InChI is InChI=1S/C17H13BrN4O3S/c18-12-3-1-11(2-4-12)15-9-19-17(21-15)26-10-16(23)20-13-5-7-14(8-6-13)22(24)25/h1-9H,10H2,(H,19,21)(H,20,23). The van der Waals surface area contributed by atoms with Crippen molar-refractivity contribution in [2.75, 3.05) is 11.1 Å². The number of rotatable bonds is 6. The summed E-state index contributed by atoms with van der Waals surface area (Å²) in [6.07, 6.45) is 1.72. The van der Waals surface area contributed by atoms with Gasteiger partial charge in [0, 0.05) is 22.3 Å². The SMILES string of the molecule is O=C(CSc1ncc(-c2ccc(Br)cc2)[nH]1)Nc1ccc([N+](=O)[O-])cc1. The van der Waals surface area contributed by atoms with Crippen LogP contribution in [0.4, 0.5) is 11.4 Å². The molecule has 2 aromatic carbocycles. The molecular formula is C17H13BrN4O3S. The first-order chi connectivity index (χ1) is 12.5. The lowest BCUT2D eigenvalue weighted by Gasteiger charge is -2.04. The van der Waals surface area contributed by atoms with E-state index in [0.717, 1.165) is 15.7 Å². The van der Waals surface area contributed by atoms with Crippen LogP contribution in [0.3, 0.4) is 0 Å². The molecule has 26 heavy (non-hydrogen) atoms. The highest BCUT2D eigenvalue weighted by Gasteiger charge is 2.09. The molecule has 3 aromatic rings. The maximum absolute atomic E-state index is 12.0. The molecule has 132 valence electrons. The third-order valence-corrected chi connectivity index (χ3v) is 4.83. The van der Waals surface area contributed by atoms with Crippen LogP contribution in [0.25, 0.3) is 11.3 Å². The predicted octanol–water partition coefficient (Wildman–Crippen LogP) is 4.48. The predicted molar refractivity (Wildman–Crippen MR) is 104 cm³/mol. The fraction of sp³-hybridized carbons (Fsp3) is 0.0588. The van der Waals surface area contributed by atoms with Crippen molar-refractivity contribution in [2.24, 2.45) is 0 Å². The number of aromatic amines is 1. The molecule has 0 bridgehead atoms. The van der Waals surface area contributed by atoms with E-state index in [1.54, 1.807) is 6.20 Å². The summed E-state index contributed by atoms with van der Waals surface area (Å²) in [5, 5.41) is 14.0. The van der Waals surface area contributed by atoms with E-state index in [1.807, 2.05) is 24.3 Å². The minimum atomic E-state index is -0.485. The van der Waals surface area contributed by atoms with Gasteiger partial charge in [-0.05, 0) is 29.8 Å².